The van der Waals surface area contributed by atoms with Gasteiger partial charge in [0.15, 0.2) is 11.5 Å². The smallest absolute Gasteiger partial charge is 0.338 e. The molecule has 0 aromatic heterocycles. The third-order valence-electron chi connectivity index (χ3n) is 6.51. The van der Waals surface area contributed by atoms with Crippen molar-refractivity contribution in [3.63, 3.8) is 0 Å². The van der Waals surface area contributed by atoms with Crippen molar-refractivity contribution in [2.75, 3.05) is 60.1 Å². The number of esters is 1. The van der Waals surface area contributed by atoms with E-state index in [2.05, 4.69) is 15.5 Å². The van der Waals surface area contributed by atoms with Gasteiger partial charge in [0.25, 0.3) is 0 Å². The van der Waals surface area contributed by atoms with E-state index in [0.29, 0.717) is 67.6 Å². The van der Waals surface area contributed by atoms with Gasteiger partial charge in [-0.1, -0.05) is 12.1 Å². The Morgan fingerprint density at radius 3 is 2.32 bits per heavy atom. The van der Waals surface area contributed by atoms with Crippen LogP contribution in [0.2, 0.25) is 0 Å². The maximum absolute atomic E-state index is 13.4. The van der Waals surface area contributed by atoms with Gasteiger partial charge in [0.1, 0.15) is 0 Å². The number of benzene rings is 1. The van der Waals surface area contributed by atoms with E-state index in [1.165, 1.54) is 14.2 Å². The number of nitrogens with zero attached hydrogens (tertiary/aromatic N) is 3. The predicted molar refractivity (Wildman–Crippen MR) is 143 cm³/mol. The largest absolute Gasteiger partial charge is 0.493 e. The normalized spacial score (nSPS) is 18.7. The number of carbonyl (C=O) groups excluding carboxylic acids is 3. The summed E-state index contributed by atoms with van der Waals surface area (Å²) >= 11 is 0. The average Bonchev–Trinajstić information content (AvgIpc) is 2.87. The first kappa shape index (κ1) is 29.1. The highest BCUT2D eigenvalue weighted by Gasteiger charge is 2.40. The van der Waals surface area contributed by atoms with Crippen molar-refractivity contribution in [2.45, 2.75) is 46.2 Å². The molecule has 210 valence electrons. The summed E-state index contributed by atoms with van der Waals surface area (Å²) in [5.41, 5.74) is 1.21. The quantitative estimate of drug-likeness (QED) is 0.496. The lowest BCUT2D eigenvalue weighted by Crippen LogP contribution is -2.56. The minimum Gasteiger partial charge on any atom is -0.493 e. The molecule has 2 aliphatic heterocycles. The molecule has 1 fully saturated rings. The van der Waals surface area contributed by atoms with Crippen LogP contribution in [0.3, 0.4) is 0 Å². The number of hydrogen-bond donors (Lipinski definition) is 2. The van der Waals surface area contributed by atoms with Crippen LogP contribution < -0.4 is 20.1 Å². The van der Waals surface area contributed by atoms with E-state index in [4.69, 9.17) is 14.2 Å². The number of rotatable bonds is 8. The Labute approximate surface area is 225 Å². The van der Waals surface area contributed by atoms with Gasteiger partial charge in [-0.25, -0.2) is 14.4 Å². The molecule has 2 heterocycles. The molecule has 0 aliphatic carbocycles. The monoisotopic (exact) mass is 531 g/mol. The molecule has 1 atom stereocenters. The summed E-state index contributed by atoms with van der Waals surface area (Å²) < 4.78 is 16.6. The predicted octanol–water partition coefficient (Wildman–Crippen LogP) is 2.73. The van der Waals surface area contributed by atoms with Gasteiger partial charge in [-0.15, -0.1) is 0 Å². The first-order chi connectivity index (χ1) is 18.0. The van der Waals surface area contributed by atoms with E-state index in [1.54, 1.807) is 34.9 Å². The molecule has 2 N–H and O–H groups in total. The van der Waals surface area contributed by atoms with Gasteiger partial charge < -0.3 is 29.7 Å². The first-order valence-electron chi connectivity index (χ1n) is 13.0. The molecule has 0 spiro atoms. The van der Waals surface area contributed by atoms with Crippen LogP contribution in [0.5, 0.6) is 11.5 Å². The Hall–Kier alpha value is -3.47. The maximum Gasteiger partial charge on any atom is 0.338 e. The number of likely N-dealkylation sites (N-methyl/N-ethyl adjacent to an activating group) is 1. The maximum atomic E-state index is 13.4. The number of hydrogen-bond acceptors (Lipinski definition) is 7. The molecule has 4 amide bonds. The van der Waals surface area contributed by atoms with Crippen LogP contribution in [-0.4, -0.2) is 98.4 Å². The summed E-state index contributed by atoms with van der Waals surface area (Å²) in [5, 5.41) is 5.97. The zero-order chi connectivity index (χ0) is 28.0. The number of piperazine rings is 1. The summed E-state index contributed by atoms with van der Waals surface area (Å²) in [6.45, 7) is 12.7. The molecule has 11 heteroatoms. The van der Waals surface area contributed by atoms with Crippen LogP contribution in [0, 0.1) is 0 Å². The van der Waals surface area contributed by atoms with Gasteiger partial charge in [0.2, 0.25) is 0 Å². The standard InChI is InChI=1S/C27H41N5O6/c1-8-32-19(17-30-13-15-31(16-14-30)26(35)29-27(3,4)5)21(24(33)38-9-2)22(28-25(32)34)18-11-10-12-20(36-6)23(18)37-7/h10-12,22H,8-9,13-17H2,1-7H3,(H,28,34)(H,29,35)/t22-/m0/s1. The minimum atomic E-state index is -0.789. The third-order valence-corrected chi connectivity index (χ3v) is 6.51. The van der Waals surface area contributed by atoms with E-state index in [-0.39, 0.29) is 24.2 Å². The second-order valence-corrected chi connectivity index (χ2v) is 10.2. The van der Waals surface area contributed by atoms with E-state index in [0.717, 1.165) is 0 Å². The minimum absolute atomic E-state index is 0.0963. The fourth-order valence-corrected chi connectivity index (χ4v) is 4.75. The molecule has 1 aromatic carbocycles. The van der Waals surface area contributed by atoms with Crippen LogP contribution in [0.4, 0.5) is 9.59 Å². The van der Waals surface area contributed by atoms with Crippen molar-refractivity contribution in [2.24, 2.45) is 0 Å². The number of urea groups is 2. The highest BCUT2D eigenvalue weighted by Crippen LogP contribution is 2.40. The molecule has 38 heavy (non-hydrogen) atoms. The van der Waals surface area contributed by atoms with Gasteiger partial charge in [0, 0.05) is 56.1 Å². The third kappa shape index (κ3) is 6.50. The summed E-state index contributed by atoms with van der Waals surface area (Å²) in [6.07, 6.45) is 0. The molecular weight excluding hydrogens is 490 g/mol. The Morgan fingerprint density at radius 1 is 1.08 bits per heavy atom. The molecular formula is C27H41N5O6. The number of nitrogens with one attached hydrogen (secondary N) is 2. The lowest BCUT2D eigenvalue weighted by Gasteiger charge is -2.41. The number of amides is 4. The zero-order valence-electron chi connectivity index (χ0n) is 23.6. The molecule has 0 radical (unpaired) electrons. The SMILES string of the molecule is CCOC(=O)C1=C(CN2CCN(C(=O)NC(C)(C)C)CC2)N(CC)C(=O)N[C@H]1c1cccc(OC)c1OC. The lowest BCUT2D eigenvalue weighted by molar-refractivity contribution is -0.139. The molecule has 1 aromatic rings. The Morgan fingerprint density at radius 2 is 1.76 bits per heavy atom. The Bertz CT molecular complexity index is 1060. The number of methoxy groups -OCH3 is 2. The number of ether oxygens (including phenoxy) is 3. The van der Waals surface area contributed by atoms with Crippen molar-refractivity contribution in [3.8, 4) is 11.5 Å². The topological polar surface area (TPSA) is 113 Å². The molecule has 0 saturated carbocycles. The summed E-state index contributed by atoms with van der Waals surface area (Å²) in [7, 11) is 3.06. The van der Waals surface area contributed by atoms with E-state index in [9.17, 15) is 14.4 Å². The summed E-state index contributed by atoms with van der Waals surface area (Å²) in [4.78, 5) is 44.8. The van der Waals surface area contributed by atoms with Crippen LogP contribution in [0.15, 0.2) is 29.5 Å². The van der Waals surface area contributed by atoms with Crippen LogP contribution in [0.25, 0.3) is 0 Å². The Balaban J connectivity index is 1.97. The van der Waals surface area contributed by atoms with Gasteiger partial charge in [0.05, 0.1) is 32.4 Å². The van der Waals surface area contributed by atoms with Gasteiger partial charge in [-0.3, -0.25) is 9.80 Å². The fourth-order valence-electron chi connectivity index (χ4n) is 4.75. The van der Waals surface area contributed by atoms with Crippen LogP contribution in [0.1, 0.15) is 46.2 Å². The zero-order valence-corrected chi connectivity index (χ0v) is 23.6. The first-order valence-corrected chi connectivity index (χ1v) is 13.0. The number of para-hydroxylation sites is 1. The molecule has 0 unspecified atom stereocenters. The number of carbonyl (C=O) groups is 3. The summed E-state index contributed by atoms with van der Waals surface area (Å²) in [6, 6.07) is 4.16. The molecule has 1 saturated heterocycles. The van der Waals surface area contributed by atoms with E-state index in [1.807, 2.05) is 27.7 Å². The highest BCUT2D eigenvalue weighted by atomic mass is 16.5. The van der Waals surface area contributed by atoms with Crippen LogP contribution >= 0.6 is 0 Å². The summed E-state index contributed by atoms with van der Waals surface area (Å²) in [5.74, 6) is 0.426. The molecule has 3 rings (SSSR count). The van der Waals surface area contributed by atoms with Gasteiger partial charge in [-0.2, -0.15) is 0 Å². The molecule has 11 nitrogen and oxygen atoms in total. The van der Waals surface area contributed by atoms with E-state index >= 15 is 0 Å². The molecule has 0 bridgehead atoms. The van der Waals surface area contributed by atoms with Crippen molar-refractivity contribution < 1.29 is 28.6 Å². The van der Waals surface area contributed by atoms with Crippen LogP contribution in [-0.2, 0) is 9.53 Å². The second-order valence-electron chi connectivity index (χ2n) is 10.2. The fraction of sp³-hybridized carbons (Fsp3) is 0.593. The van der Waals surface area contributed by atoms with Crippen molar-refractivity contribution >= 4 is 18.0 Å². The lowest BCUT2D eigenvalue weighted by atomic mass is 9.93. The molecule has 2 aliphatic rings. The van der Waals surface area contributed by atoms with Crippen molar-refractivity contribution in [3.05, 3.63) is 35.0 Å². The van der Waals surface area contributed by atoms with Gasteiger partial charge >= 0.3 is 18.0 Å². The average molecular weight is 532 g/mol. The second kappa shape index (κ2) is 12.4. The van der Waals surface area contributed by atoms with Gasteiger partial charge in [-0.05, 0) is 40.7 Å². The highest BCUT2D eigenvalue weighted by molar-refractivity contribution is 5.95. The van der Waals surface area contributed by atoms with Crippen molar-refractivity contribution in [1.82, 2.24) is 25.3 Å². The van der Waals surface area contributed by atoms with E-state index < -0.39 is 12.0 Å². The Kier molecular flexibility index (Phi) is 9.48. The van der Waals surface area contributed by atoms with Crippen molar-refractivity contribution in [1.29, 1.82) is 0 Å².